The van der Waals surface area contributed by atoms with E-state index in [2.05, 4.69) is 68.1 Å². The smallest absolute Gasteiger partial charge is 0.337 e. The van der Waals surface area contributed by atoms with Crippen molar-refractivity contribution in [3.8, 4) is 17.0 Å². The van der Waals surface area contributed by atoms with Gasteiger partial charge in [0.05, 0.1) is 19.8 Å². The average molecular weight is 582 g/mol. The van der Waals surface area contributed by atoms with E-state index >= 15 is 0 Å². The fourth-order valence-electron chi connectivity index (χ4n) is 4.17. The van der Waals surface area contributed by atoms with Crippen LogP contribution in [-0.2, 0) is 11.3 Å². The molecule has 0 spiro atoms. The summed E-state index contributed by atoms with van der Waals surface area (Å²) in [5, 5.41) is 2.22. The van der Waals surface area contributed by atoms with Crippen LogP contribution in [-0.4, -0.2) is 25.2 Å². The molecular formula is C27H22Br2N2O3. The molecule has 0 saturated carbocycles. The van der Waals surface area contributed by atoms with Gasteiger partial charge in [-0.15, -0.1) is 0 Å². The van der Waals surface area contributed by atoms with E-state index < -0.39 is 0 Å². The van der Waals surface area contributed by atoms with Gasteiger partial charge in [0.2, 0.25) is 5.69 Å². The van der Waals surface area contributed by atoms with E-state index in [-0.39, 0.29) is 23.0 Å². The van der Waals surface area contributed by atoms with Crippen molar-refractivity contribution in [3.63, 3.8) is 0 Å². The number of nitrogens with zero attached hydrogens (tertiary/aromatic N) is 1. The Hall–Kier alpha value is -3.16. The Balaban J connectivity index is 0.00000274. The van der Waals surface area contributed by atoms with Crippen LogP contribution in [0.3, 0.4) is 0 Å². The zero-order valence-electron chi connectivity index (χ0n) is 18.6. The van der Waals surface area contributed by atoms with Gasteiger partial charge in [0, 0.05) is 38.0 Å². The number of nitrogens with one attached hydrogen (secondary N) is 1. The highest BCUT2D eigenvalue weighted by Crippen LogP contribution is 2.33. The number of esters is 1. The van der Waals surface area contributed by atoms with Crippen LogP contribution < -0.4 is 26.3 Å². The minimum Gasteiger partial charge on any atom is -1.00 e. The molecule has 0 aliphatic heterocycles. The third-order valence-electron chi connectivity index (χ3n) is 5.84. The summed E-state index contributed by atoms with van der Waals surface area (Å²) in [6.07, 6.45) is 2.11. The molecule has 0 unspecified atom stereocenters. The summed E-state index contributed by atoms with van der Waals surface area (Å²) in [6.45, 7) is 0.704. The van der Waals surface area contributed by atoms with Gasteiger partial charge in [0.25, 0.3) is 0 Å². The first kappa shape index (κ1) is 24.0. The third kappa shape index (κ3) is 4.45. The first-order valence-electron chi connectivity index (χ1n) is 10.5. The van der Waals surface area contributed by atoms with Crippen LogP contribution in [0.1, 0.15) is 15.9 Å². The van der Waals surface area contributed by atoms with Crippen LogP contribution in [0.5, 0.6) is 5.75 Å². The second kappa shape index (κ2) is 9.99. The molecule has 0 fully saturated rings. The molecule has 5 rings (SSSR count). The molecule has 0 radical (unpaired) electrons. The van der Waals surface area contributed by atoms with Gasteiger partial charge in [-0.2, -0.15) is 4.57 Å². The number of aromatic amines is 1. The van der Waals surface area contributed by atoms with E-state index in [4.69, 9.17) is 9.47 Å². The number of aromatic nitrogens is 2. The number of H-pyrrole nitrogens is 1. The van der Waals surface area contributed by atoms with Crippen molar-refractivity contribution in [2.24, 2.45) is 0 Å². The van der Waals surface area contributed by atoms with Gasteiger partial charge < -0.3 is 31.4 Å². The number of benzene rings is 3. The van der Waals surface area contributed by atoms with Crippen LogP contribution >= 0.6 is 15.9 Å². The van der Waals surface area contributed by atoms with Gasteiger partial charge in [-0.25, -0.2) is 4.79 Å². The molecular weight excluding hydrogens is 560 g/mol. The Morgan fingerprint density at radius 1 is 0.941 bits per heavy atom. The minimum absolute atomic E-state index is 0. The van der Waals surface area contributed by atoms with Crippen molar-refractivity contribution >= 4 is 43.7 Å². The number of fused-ring (bicyclic) bond motifs is 3. The second-order valence-electron chi connectivity index (χ2n) is 7.81. The lowest BCUT2D eigenvalue weighted by Gasteiger charge is -2.07. The first-order chi connectivity index (χ1) is 16.1. The Bertz CT molecular complexity index is 1480. The summed E-state index contributed by atoms with van der Waals surface area (Å²) < 4.78 is 13.6. The van der Waals surface area contributed by atoms with Crippen molar-refractivity contribution in [1.29, 1.82) is 0 Å². The number of ether oxygens (including phenoxy) is 2. The lowest BCUT2D eigenvalue weighted by Crippen LogP contribution is -3.00. The minimum atomic E-state index is -0.347. The number of carbonyl (C=O) groups excluding carboxylic acids is 1. The van der Waals surface area contributed by atoms with E-state index in [1.165, 1.54) is 12.7 Å². The van der Waals surface area contributed by atoms with Crippen molar-refractivity contribution in [1.82, 2.24) is 4.98 Å². The average Bonchev–Trinajstić information content (AvgIpc) is 3.22. The maximum Gasteiger partial charge on any atom is 0.337 e. The Labute approximate surface area is 216 Å². The van der Waals surface area contributed by atoms with Crippen LogP contribution in [0.2, 0.25) is 0 Å². The molecule has 2 aromatic heterocycles. The fourth-order valence-corrected chi connectivity index (χ4v) is 4.44. The number of hydrogen-bond donors (Lipinski definition) is 1. The summed E-state index contributed by atoms with van der Waals surface area (Å²) >= 11 is 3.51. The van der Waals surface area contributed by atoms with Gasteiger partial charge in [-0.1, -0.05) is 28.1 Å². The van der Waals surface area contributed by atoms with Gasteiger partial charge in [0.15, 0.2) is 12.7 Å². The highest BCUT2D eigenvalue weighted by atomic mass is 79.9. The van der Waals surface area contributed by atoms with Gasteiger partial charge in [-0.05, 0) is 54.6 Å². The molecule has 0 aliphatic carbocycles. The van der Waals surface area contributed by atoms with Gasteiger partial charge in [0.1, 0.15) is 11.3 Å². The predicted molar refractivity (Wildman–Crippen MR) is 133 cm³/mol. The molecule has 0 atom stereocenters. The molecule has 5 aromatic rings. The number of halogens is 2. The summed E-state index contributed by atoms with van der Waals surface area (Å²) in [6, 6.07) is 24.0. The van der Waals surface area contributed by atoms with E-state index in [1.54, 1.807) is 19.2 Å². The topological polar surface area (TPSA) is 55.2 Å². The molecule has 0 aliphatic rings. The molecule has 0 bridgehead atoms. The van der Waals surface area contributed by atoms with Crippen LogP contribution in [0, 0.1) is 0 Å². The number of carbonyl (C=O) groups is 1. The monoisotopic (exact) mass is 580 g/mol. The lowest BCUT2D eigenvalue weighted by atomic mass is 10.0. The molecule has 0 amide bonds. The highest BCUT2D eigenvalue weighted by Gasteiger charge is 2.22. The quantitative estimate of drug-likeness (QED) is 0.257. The van der Waals surface area contributed by atoms with Crippen molar-refractivity contribution < 1.29 is 35.8 Å². The predicted octanol–water partition coefficient (Wildman–Crippen LogP) is 2.89. The summed E-state index contributed by atoms with van der Waals surface area (Å²) in [5.74, 6) is 0.471. The number of methoxy groups -OCH3 is 2. The molecule has 1 N–H and O–H groups in total. The molecule has 2 heterocycles. The van der Waals surface area contributed by atoms with E-state index in [0.717, 1.165) is 43.3 Å². The Morgan fingerprint density at radius 2 is 1.68 bits per heavy atom. The van der Waals surface area contributed by atoms with E-state index in [9.17, 15) is 4.79 Å². The first-order valence-corrected chi connectivity index (χ1v) is 11.3. The fraction of sp³-hybridized carbons (Fsp3) is 0.111. The largest absolute Gasteiger partial charge is 1.00 e. The third-order valence-corrected chi connectivity index (χ3v) is 6.37. The molecule has 5 nitrogen and oxygen atoms in total. The lowest BCUT2D eigenvalue weighted by molar-refractivity contribution is -0.676. The van der Waals surface area contributed by atoms with E-state index in [0.29, 0.717) is 12.1 Å². The molecule has 0 saturated heterocycles. The normalized spacial score (nSPS) is 10.8. The second-order valence-corrected chi connectivity index (χ2v) is 8.73. The molecule has 3 aromatic carbocycles. The van der Waals surface area contributed by atoms with E-state index in [1.807, 2.05) is 24.3 Å². The van der Waals surface area contributed by atoms with Crippen LogP contribution in [0.15, 0.2) is 83.5 Å². The maximum atomic E-state index is 11.9. The van der Waals surface area contributed by atoms with Crippen LogP contribution in [0.25, 0.3) is 33.1 Å². The van der Waals surface area contributed by atoms with Gasteiger partial charge in [-0.3, -0.25) is 0 Å². The summed E-state index contributed by atoms with van der Waals surface area (Å²) in [7, 11) is 3.07. The standard InChI is InChI=1S/C27H21BrN2O3.BrH/c1-32-21-11-12-24-23(15-21)22-13-14-30(16-17-3-9-20(28)10-4-17)26(25(22)29-24)18-5-7-19(8-6-18)27(31)33-2;/h3-15H,16H2,1-2H3;1H. The van der Waals surface area contributed by atoms with Crippen molar-refractivity contribution in [2.75, 3.05) is 14.2 Å². The zero-order chi connectivity index (χ0) is 22.9. The van der Waals surface area contributed by atoms with Crippen molar-refractivity contribution in [2.45, 2.75) is 6.54 Å². The van der Waals surface area contributed by atoms with Gasteiger partial charge >= 0.3 is 5.97 Å². The van der Waals surface area contributed by atoms with Crippen molar-refractivity contribution in [3.05, 3.63) is 94.6 Å². The molecule has 7 heteroatoms. The SMILES string of the molecule is COC(=O)c1ccc(-c2c3[nH]c4ccc(OC)cc4c3cc[n+]2Cc2ccc(Br)cc2)cc1.[Br-]. The summed E-state index contributed by atoms with van der Waals surface area (Å²) in [5.41, 5.74) is 5.83. The Morgan fingerprint density at radius 3 is 2.35 bits per heavy atom. The maximum absolute atomic E-state index is 11.9. The number of hydrogen-bond acceptors (Lipinski definition) is 3. The molecule has 34 heavy (non-hydrogen) atoms. The van der Waals surface area contributed by atoms with Crippen LogP contribution in [0.4, 0.5) is 0 Å². The summed E-state index contributed by atoms with van der Waals surface area (Å²) in [4.78, 5) is 15.5. The number of pyridine rings is 1. The molecule has 172 valence electrons. The number of rotatable bonds is 5. The highest BCUT2D eigenvalue weighted by molar-refractivity contribution is 9.10. The Kier molecular flexibility index (Phi) is 7.05. The zero-order valence-corrected chi connectivity index (χ0v) is 21.8.